The normalized spacial score (nSPS) is 14.6. The predicted molar refractivity (Wildman–Crippen MR) is 128 cm³/mol. The Hall–Kier alpha value is -3.58. The lowest BCUT2D eigenvalue weighted by molar-refractivity contribution is -0.137. The molecule has 13 heteroatoms. The van der Waals surface area contributed by atoms with Crippen LogP contribution in [0.3, 0.4) is 0 Å². The van der Waals surface area contributed by atoms with Crippen molar-refractivity contribution in [1.82, 2.24) is 19.5 Å². The van der Waals surface area contributed by atoms with Gasteiger partial charge in [-0.25, -0.2) is 9.59 Å². The summed E-state index contributed by atoms with van der Waals surface area (Å²) in [5.74, 6) is -1.63. The summed E-state index contributed by atoms with van der Waals surface area (Å²) in [4.78, 5) is 23.5. The van der Waals surface area contributed by atoms with Crippen molar-refractivity contribution < 1.29 is 33.0 Å². The summed E-state index contributed by atoms with van der Waals surface area (Å²) in [6.07, 6.45) is -1.24. The van der Waals surface area contributed by atoms with Gasteiger partial charge in [0.25, 0.3) is 0 Å². The molecule has 9 nitrogen and oxygen atoms in total. The van der Waals surface area contributed by atoms with E-state index in [1.165, 1.54) is 12.1 Å². The molecule has 36 heavy (non-hydrogen) atoms. The van der Waals surface area contributed by atoms with Crippen molar-refractivity contribution in [2.45, 2.75) is 11.3 Å². The molecular weight excluding hydrogens is 499 g/mol. The van der Waals surface area contributed by atoms with Crippen LogP contribution in [0.4, 0.5) is 18.9 Å². The molecule has 0 unspecified atom stereocenters. The van der Waals surface area contributed by atoms with E-state index in [0.717, 1.165) is 55.3 Å². The quantitative estimate of drug-likeness (QED) is 0.356. The highest BCUT2D eigenvalue weighted by atomic mass is 32.2. The molecule has 0 spiro atoms. The number of hydrogen-bond donors (Lipinski definition) is 2. The van der Waals surface area contributed by atoms with Crippen LogP contribution in [0.1, 0.15) is 5.56 Å². The summed E-state index contributed by atoms with van der Waals surface area (Å²) in [6, 6.07) is 11.4. The molecule has 3 aromatic rings. The summed E-state index contributed by atoms with van der Waals surface area (Å²) in [6.45, 7) is 4.01. The van der Waals surface area contributed by atoms with E-state index in [9.17, 15) is 22.8 Å². The first kappa shape index (κ1) is 27.0. The molecule has 0 radical (unpaired) electrons. The number of aromatic nitrogens is 3. The second-order valence-corrected chi connectivity index (χ2v) is 8.71. The molecule has 0 aliphatic carbocycles. The Kier molecular flexibility index (Phi) is 9.31. The lowest BCUT2D eigenvalue weighted by atomic mass is 10.1. The van der Waals surface area contributed by atoms with E-state index in [0.29, 0.717) is 17.8 Å². The van der Waals surface area contributed by atoms with Crippen LogP contribution >= 0.6 is 11.8 Å². The molecule has 1 saturated heterocycles. The SMILES string of the molecule is FC(F)(F)c1cccc(N2CCN(CCSc3nnc4ccccn34)CC2)c1.O=C(O)C=CC(=O)O. The number of halogens is 3. The molecule has 2 N–H and O–H groups in total. The van der Waals surface area contributed by atoms with E-state index in [1.54, 1.807) is 17.8 Å². The Labute approximate surface area is 208 Å². The van der Waals surface area contributed by atoms with Crippen LogP contribution < -0.4 is 4.90 Å². The van der Waals surface area contributed by atoms with Crippen molar-refractivity contribution in [3.05, 3.63) is 66.4 Å². The summed E-state index contributed by atoms with van der Waals surface area (Å²) in [5, 5.41) is 24.9. The molecule has 0 amide bonds. The second kappa shape index (κ2) is 12.4. The van der Waals surface area contributed by atoms with Gasteiger partial charge >= 0.3 is 18.1 Å². The zero-order valence-corrected chi connectivity index (χ0v) is 19.8. The van der Waals surface area contributed by atoms with E-state index in [4.69, 9.17) is 10.2 Å². The minimum atomic E-state index is -4.30. The lowest BCUT2D eigenvalue weighted by Crippen LogP contribution is -2.47. The van der Waals surface area contributed by atoms with Gasteiger partial charge in [-0.2, -0.15) is 13.2 Å². The average Bonchev–Trinajstić information content (AvgIpc) is 3.26. The maximum atomic E-state index is 12.9. The first-order chi connectivity index (χ1) is 17.1. The van der Waals surface area contributed by atoms with Crippen molar-refractivity contribution in [3.63, 3.8) is 0 Å². The standard InChI is InChI=1S/C19H20F3N5S.C4H4O4/c20-19(21,22)15-4-3-5-16(14-15)26-10-8-25(9-11-26)12-13-28-18-24-23-17-6-1-2-7-27(17)18;5-3(6)1-2-4(7)8/h1-7,14H,8-13H2;1-2H,(H,5,6)(H,7,8). The van der Waals surface area contributed by atoms with Gasteiger partial charge in [-0.15, -0.1) is 10.2 Å². The Bertz CT molecular complexity index is 1190. The maximum absolute atomic E-state index is 12.9. The number of rotatable bonds is 7. The number of fused-ring (bicyclic) bond motifs is 1. The fourth-order valence-corrected chi connectivity index (χ4v) is 4.36. The third kappa shape index (κ3) is 7.99. The fraction of sp³-hybridized carbons (Fsp3) is 0.304. The summed E-state index contributed by atoms with van der Waals surface area (Å²) in [5.41, 5.74) is 0.878. The zero-order valence-electron chi connectivity index (χ0n) is 19.0. The van der Waals surface area contributed by atoms with Gasteiger partial charge in [-0.05, 0) is 30.3 Å². The Balaban J connectivity index is 0.000000392. The molecule has 1 aliphatic rings. The molecular formula is C23H24F3N5O4S. The summed E-state index contributed by atoms with van der Waals surface area (Å²) >= 11 is 1.66. The third-order valence-corrected chi connectivity index (χ3v) is 6.12. The zero-order chi connectivity index (χ0) is 26.1. The number of thioether (sulfide) groups is 1. The fourth-order valence-electron chi connectivity index (χ4n) is 3.44. The molecule has 1 fully saturated rings. The maximum Gasteiger partial charge on any atom is 0.416 e. The first-order valence-electron chi connectivity index (χ1n) is 10.8. The van der Waals surface area contributed by atoms with Gasteiger partial charge in [-0.3, -0.25) is 9.30 Å². The molecule has 1 aliphatic heterocycles. The van der Waals surface area contributed by atoms with Gasteiger partial charge in [-0.1, -0.05) is 23.9 Å². The monoisotopic (exact) mass is 523 g/mol. The number of alkyl halides is 3. The van der Waals surface area contributed by atoms with E-state index in [1.807, 2.05) is 33.7 Å². The van der Waals surface area contributed by atoms with E-state index in [2.05, 4.69) is 15.1 Å². The number of carboxylic acid groups (broad SMARTS) is 2. The van der Waals surface area contributed by atoms with Crippen LogP contribution in [0, 0.1) is 0 Å². The topological polar surface area (TPSA) is 111 Å². The van der Waals surface area contributed by atoms with Crippen LogP contribution in [0.25, 0.3) is 5.65 Å². The van der Waals surface area contributed by atoms with Crippen molar-refractivity contribution in [2.75, 3.05) is 43.4 Å². The lowest BCUT2D eigenvalue weighted by Gasteiger charge is -2.36. The van der Waals surface area contributed by atoms with E-state index in [-0.39, 0.29) is 0 Å². The highest BCUT2D eigenvalue weighted by molar-refractivity contribution is 7.99. The van der Waals surface area contributed by atoms with Crippen molar-refractivity contribution in [1.29, 1.82) is 0 Å². The number of benzene rings is 1. The molecule has 1 aromatic carbocycles. The van der Waals surface area contributed by atoms with E-state index >= 15 is 0 Å². The molecule has 3 heterocycles. The number of hydrogen-bond acceptors (Lipinski definition) is 7. The smallest absolute Gasteiger partial charge is 0.416 e. The molecule has 0 atom stereocenters. The number of pyridine rings is 1. The Morgan fingerprint density at radius 2 is 1.67 bits per heavy atom. The third-order valence-electron chi connectivity index (χ3n) is 5.20. The largest absolute Gasteiger partial charge is 0.478 e. The van der Waals surface area contributed by atoms with Gasteiger partial charge in [0.2, 0.25) is 0 Å². The first-order valence-corrected chi connectivity index (χ1v) is 11.8. The highest BCUT2D eigenvalue weighted by Gasteiger charge is 2.31. The van der Waals surface area contributed by atoms with Crippen molar-refractivity contribution >= 4 is 35.0 Å². The van der Waals surface area contributed by atoms with Gasteiger partial charge < -0.3 is 15.1 Å². The van der Waals surface area contributed by atoms with Gasteiger partial charge in [0, 0.05) is 62.5 Å². The van der Waals surface area contributed by atoms with Crippen LogP contribution in [-0.4, -0.2) is 80.1 Å². The van der Waals surface area contributed by atoms with Crippen LogP contribution in [-0.2, 0) is 15.8 Å². The number of piperazine rings is 1. The van der Waals surface area contributed by atoms with Crippen LogP contribution in [0.5, 0.6) is 0 Å². The molecule has 4 rings (SSSR count). The number of aliphatic carboxylic acids is 2. The summed E-state index contributed by atoms with van der Waals surface area (Å²) < 4.78 is 40.7. The van der Waals surface area contributed by atoms with Crippen LogP contribution in [0.15, 0.2) is 66.0 Å². The van der Waals surface area contributed by atoms with Gasteiger partial charge in [0.1, 0.15) is 0 Å². The second-order valence-electron chi connectivity index (χ2n) is 7.65. The van der Waals surface area contributed by atoms with Crippen LogP contribution in [0.2, 0.25) is 0 Å². The molecule has 0 saturated carbocycles. The highest BCUT2D eigenvalue weighted by Crippen LogP contribution is 2.31. The van der Waals surface area contributed by atoms with Crippen molar-refractivity contribution in [3.8, 4) is 0 Å². The molecule has 2 aromatic heterocycles. The summed E-state index contributed by atoms with van der Waals surface area (Å²) in [7, 11) is 0. The minimum Gasteiger partial charge on any atom is -0.478 e. The number of nitrogens with zero attached hydrogens (tertiary/aromatic N) is 5. The van der Waals surface area contributed by atoms with E-state index < -0.39 is 23.7 Å². The van der Waals surface area contributed by atoms with Gasteiger partial charge in [0.05, 0.1) is 5.56 Å². The average molecular weight is 524 g/mol. The number of carboxylic acids is 2. The number of anilines is 1. The minimum absolute atomic E-state index is 0.558. The molecule has 192 valence electrons. The predicted octanol–water partition coefficient (Wildman–Crippen LogP) is 3.37. The Morgan fingerprint density at radius 3 is 2.31 bits per heavy atom. The number of carbonyl (C=O) groups is 2. The van der Waals surface area contributed by atoms with Gasteiger partial charge in [0.15, 0.2) is 10.8 Å². The Morgan fingerprint density at radius 1 is 0.972 bits per heavy atom. The molecule has 0 bridgehead atoms. The van der Waals surface area contributed by atoms with Crippen molar-refractivity contribution in [2.24, 2.45) is 0 Å².